The Kier molecular flexibility index (Phi) is 13.2. The molecule has 4 nitrogen and oxygen atoms in total. The molecule has 25 heavy (non-hydrogen) atoms. The number of likely N-dealkylation sites (tertiary alicyclic amines) is 1. The van der Waals surface area contributed by atoms with Crippen molar-refractivity contribution < 1.29 is 4.79 Å². The summed E-state index contributed by atoms with van der Waals surface area (Å²) in [5.41, 5.74) is 0. The standard InChI is InChI=1S/C19H37N3O.2ClH/c1-15-11-16(2)14-22(13-15)10-4-7-21-19(23)12-17(3)18-5-8-20-9-6-18;;/h15-18,20H,4-14H2,1-3H3,(H,21,23);2*1H. The van der Waals surface area contributed by atoms with Gasteiger partial charge < -0.3 is 15.5 Å². The van der Waals surface area contributed by atoms with Crippen LogP contribution < -0.4 is 10.6 Å². The molecule has 150 valence electrons. The number of carbonyl (C=O) groups excluding carboxylic acids is 1. The average Bonchev–Trinajstić information content (AvgIpc) is 2.51. The Morgan fingerprint density at radius 3 is 2.36 bits per heavy atom. The van der Waals surface area contributed by atoms with Gasteiger partial charge in [-0.05, 0) is 69.0 Å². The molecule has 6 heteroatoms. The first-order valence-corrected chi connectivity index (χ1v) is 9.74. The number of carbonyl (C=O) groups is 1. The Labute approximate surface area is 167 Å². The van der Waals surface area contributed by atoms with Crippen LogP contribution in [0.3, 0.4) is 0 Å². The second-order valence-corrected chi connectivity index (χ2v) is 8.18. The maximum atomic E-state index is 12.1. The first-order chi connectivity index (χ1) is 11.0. The lowest BCUT2D eigenvalue weighted by molar-refractivity contribution is -0.122. The van der Waals surface area contributed by atoms with Crippen molar-refractivity contribution in [2.24, 2.45) is 23.7 Å². The molecule has 0 aromatic heterocycles. The zero-order valence-corrected chi connectivity index (χ0v) is 17.9. The van der Waals surface area contributed by atoms with E-state index in [1.54, 1.807) is 0 Å². The summed E-state index contributed by atoms with van der Waals surface area (Å²) in [4.78, 5) is 14.7. The Hall–Kier alpha value is -0.0300. The minimum Gasteiger partial charge on any atom is -0.356 e. The van der Waals surface area contributed by atoms with E-state index >= 15 is 0 Å². The lowest BCUT2D eigenvalue weighted by atomic mass is 9.84. The van der Waals surface area contributed by atoms with Gasteiger partial charge in [0.2, 0.25) is 5.91 Å². The number of nitrogens with zero attached hydrogens (tertiary/aromatic N) is 1. The highest BCUT2D eigenvalue weighted by Gasteiger charge is 2.22. The lowest BCUT2D eigenvalue weighted by Gasteiger charge is -2.35. The Bertz CT molecular complexity index is 355. The third kappa shape index (κ3) is 9.46. The number of nitrogens with one attached hydrogen (secondary N) is 2. The summed E-state index contributed by atoms with van der Waals surface area (Å²) in [6.45, 7) is 13.6. The van der Waals surface area contributed by atoms with Crippen LogP contribution in [0.4, 0.5) is 0 Å². The number of halogens is 2. The number of hydrogen-bond acceptors (Lipinski definition) is 3. The fourth-order valence-electron chi connectivity index (χ4n) is 4.45. The van der Waals surface area contributed by atoms with Gasteiger partial charge in [-0.3, -0.25) is 4.79 Å². The summed E-state index contributed by atoms with van der Waals surface area (Å²) in [5, 5.41) is 6.53. The highest BCUT2D eigenvalue weighted by molar-refractivity contribution is 5.85. The molecule has 2 fully saturated rings. The van der Waals surface area contributed by atoms with E-state index in [9.17, 15) is 4.79 Å². The van der Waals surface area contributed by atoms with E-state index in [4.69, 9.17) is 0 Å². The summed E-state index contributed by atoms with van der Waals surface area (Å²) >= 11 is 0. The van der Waals surface area contributed by atoms with Crippen molar-refractivity contribution in [1.82, 2.24) is 15.5 Å². The van der Waals surface area contributed by atoms with Crippen molar-refractivity contribution >= 4 is 30.7 Å². The van der Waals surface area contributed by atoms with Crippen LogP contribution in [0.15, 0.2) is 0 Å². The molecule has 2 heterocycles. The first-order valence-electron chi connectivity index (χ1n) is 9.74. The van der Waals surface area contributed by atoms with Gasteiger partial charge >= 0.3 is 0 Å². The van der Waals surface area contributed by atoms with Gasteiger partial charge in [0.25, 0.3) is 0 Å². The molecular formula is C19H39Cl2N3O. The van der Waals surface area contributed by atoms with E-state index in [1.807, 2.05) is 0 Å². The normalized spacial score (nSPS) is 26.2. The van der Waals surface area contributed by atoms with Crippen molar-refractivity contribution in [3.63, 3.8) is 0 Å². The fourth-order valence-corrected chi connectivity index (χ4v) is 4.45. The summed E-state index contributed by atoms with van der Waals surface area (Å²) in [5.74, 6) is 3.12. The van der Waals surface area contributed by atoms with Crippen LogP contribution in [-0.4, -0.2) is 50.1 Å². The van der Waals surface area contributed by atoms with E-state index in [-0.39, 0.29) is 30.7 Å². The minimum atomic E-state index is 0. The minimum absolute atomic E-state index is 0. The molecule has 3 atom stereocenters. The maximum Gasteiger partial charge on any atom is 0.220 e. The van der Waals surface area contributed by atoms with E-state index in [0.29, 0.717) is 12.3 Å². The van der Waals surface area contributed by atoms with Crippen molar-refractivity contribution in [3.05, 3.63) is 0 Å². The third-order valence-corrected chi connectivity index (χ3v) is 5.61. The Morgan fingerprint density at radius 1 is 1.16 bits per heavy atom. The molecule has 2 aliphatic rings. The van der Waals surface area contributed by atoms with Gasteiger partial charge in [-0.2, -0.15) is 0 Å². The molecule has 0 bridgehead atoms. The highest BCUT2D eigenvalue weighted by atomic mass is 35.5. The molecule has 2 aliphatic heterocycles. The van der Waals surface area contributed by atoms with Crippen LogP contribution in [0.1, 0.15) is 52.9 Å². The SMILES string of the molecule is CC1CC(C)CN(CCCNC(=O)CC(C)C2CCNCC2)C1.Cl.Cl. The summed E-state index contributed by atoms with van der Waals surface area (Å²) in [7, 11) is 0. The molecule has 0 aliphatic carbocycles. The molecule has 2 saturated heterocycles. The summed E-state index contributed by atoms with van der Waals surface area (Å²) in [6, 6.07) is 0. The van der Waals surface area contributed by atoms with Gasteiger partial charge in [0.05, 0.1) is 0 Å². The predicted molar refractivity (Wildman–Crippen MR) is 111 cm³/mol. The second kappa shape index (κ2) is 13.2. The first kappa shape index (κ1) is 25.0. The molecule has 0 saturated carbocycles. The number of hydrogen-bond donors (Lipinski definition) is 2. The van der Waals surface area contributed by atoms with E-state index in [1.165, 1.54) is 32.4 Å². The maximum absolute atomic E-state index is 12.1. The summed E-state index contributed by atoms with van der Waals surface area (Å²) in [6.07, 6.45) is 5.58. The number of amides is 1. The molecular weight excluding hydrogens is 357 g/mol. The molecule has 3 unspecified atom stereocenters. The number of rotatable bonds is 7. The average molecular weight is 396 g/mol. The van der Waals surface area contributed by atoms with Gasteiger partial charge in [-0.25, -0.2) is 0 Å². The Morgan fingerprint density at radius 2 is 1.76 bits per heavy atom. The van der Waals surface area contributed by atoms with E-state index in [2.05, 4.69) is 36.3 Å². The topological polar surface area (TPSA) is 44.4 Å². The van der Waals surface area contributed by atoms with Gasteiger partial charge in [0, 0.05) is 26.1 Å². The van der Waals surface area contributed by atoms with Crippen LogP contribution in [0, 0.1) is 23.7 Å². The van der Waals surface area contributed by atoms with E-state index in [0.717, 1.165) is 50.4 Å². The molecule has 0 radical (unpaired) electrons. The fraction of sp³-hybridized carbons (Fsp3) is 0.947. The molecule has 2 N–H and O–H groups in total. The van der Waals surface area contributed by atoms with Crippen LogP contribution in [0.2, 0.25) is 0 Å². The molecule has 0 spiro atoms. The van der Waals surface area contributed by atoms with Crippen LogP contribution in [-0.2, 0) is 4.79 Å². The quantitative estimate of drug-likeness (QED) is 0.649. The third-order valence-electron chi connectivity index (χ3n) is 5.61. The largest absolute Gasteiger partial charge is 0.356 e. The lowest BCUT2D eigenvalue weighted by Crippen LogP contribution is -2.40. The van der Waals surface area contributed by atoms with Crippen LogP contribution >= 0.6 is 24.8 Å². The van der Waals surface area contributed by atoms with Gasteiger partial charge in [0.15, 0.2) is 0 Å². The van der Waals surface area contributed by atoms with Crippen molar-refractivity contribution in [2.45, 2.75) is 52.9 Å². The molecule has 2 rings (SSSR count). The van der Waals surface area contributed by atoms with E-state index < -0.39 is 0 Å². The zero-order chi connectivity index (χ0) is 16.7. The van der Waals surface area contributed by atoms with Crippen LogP contribution in [0.25, 0.3) is 0 Å². The van der Waals surface area contributed by atoms with Gasteiger partial charge in [-0.1, -0.05) is 20.8 Å². The summed E-state index contributed by atoms with van der Waals surface area (Å²) < 4.78 is 0. The molecule has 1 amide bonds. The van der Waals surface area contributed by atoms with Crippen molar-refractivity contribution in [2.75, 3.05) is 39.3 Å². The second-order valence-electron chi connectivity index (χ2n) is 8.18. The Balaban J connectivity index is 0.00000288. The monoisotopic (exact) mass is 395 g/mol. The van der Waals surface area contributed by atoms with Crippen molar-refractivity contribution in [1.29, 1.82) is 0 Å². The van der Waals surface area contributed by atoms with Crippen LogP contribution in [0.5, 0.6) is 0 Å². The zero-order valence-electron chi connectivity index (χ0n) is 16.3. The molecule has 0 aromatic rings. The number of piperidine rings is 2. The smallest absolute Gasteiger partial charge is 0.220 e. The highest BCUT2D eigenvalue weighted by Crippen LogP contribution is 2.24. The van der Waals surface area contributed by atoms with Gasteiger partial charge in [-0.15, -0.1) is 24.8 Å². The predicted octanol–water partition coefficient (Wildman–Crippen LogP) is 3.34. The van der Waals surface area contributed by atoms with Gasteiger partial charge in [0.1, 0.15) is 0 Å². The van der Waals surface area contributed by atoms with Crippen molar-refractivity contribution in [3.8, 4) is 0 Å². The molecule has 0 aromatic carbocycles.